The van der Waals surface area contributed by atoms with Crippen molar-refractivity contribution in [2.24, 2.45) is 0 Å². The van der Waals surface area contributed by atoms with Gasteiger partial charge < -0.3 is 9.84 Å². The lowest BCUT2D eigenvalue weighted by molar-refractivity contribution is 0.174. The molecule has 25 heavy (non-hydrogen) atoms. The Morgan fingerprint density at radius 1 is 0.840 bits per heavy atom. The highest BCUT2D eigenvalue weighted by atomic mass is 16.5. The lowest BCUT2D eigenvalue weighted by atomic mass is 9.95. The predicted molar refractivity (Wildman–Crippen MR) is 102 cm³/mol. The highest BCUT2D eigenvalue weighted by Gasteiger charge is 2.23. The van der Waals surface area contributed by atoms with E-state index in [0.29, 0.717) is 5.75 Å². The summed E-state index contributed by atoms with van der Waals surface area (Å²) in [5, 5.41) is 10.4. The first-order chi connectivity index (χ1) is 12.3. The second kappa shape index (κ2) is 6.86. The number of hydrogen-bond acceptors (Lipinski definition) is 2. The minimum Gasteiger partial charge on any atom is -0.508 e. The van der Waals surface area contributed by atoms with Crippen molar-refractivity contribution in [1.29, 1.82) is 0 Å². The summed E-state index contributed by atoms with van der Waals surface area (Å²) in [7, 11) is 0. The molecule has 1 N–H and O–H groups in total. The van der Waals surface area contributed by atoms with Gasteiger partial charge >= 0.3 is 0 Å². The van der Waals surface area contributed by atoms with Gasteiger partial charge in [0.05, 0.1) is 0 Å². The van der Waals surface area contributed by atoms with Crippen LogP contribution in [0.3, 0.4) is 0 Å². The van der Waals surface area contributed by atoms with Crippen molar-refractivity contribution >= 4 is 12.2 Å². The molecule has 2 heteroatoms. The first-order valence-electron chi connectivity index (χ1n) is 8.60. The summed E-state index contributed by atoms with van der Waals surface area (Å²) in [6.45, 7) is 0. The Bertz CT molecular complexity index is 883. The highest BCUT2D eigenvalue weighted by molar-refractivity contribution is 5.71. The lowest BCUT2D eigenvalue weighted by Crippen LogP contribution is -2.15. The van der Waals surface area contributed by atoms with Crippen molar-refractivity contribution in [3.8, 4) is 11.5 Å². The van der Waals surface area contributed by atoms with Gasteiger partial charge in [0.25, 0.3) is 0 Å². The first kappa shape index (κ1) is 15.5. The zero-order chi connectivity index (χ0) is 17.1. The number of benzene rings is 3. The summed E-state index contributed by atoms with van der Waals surface area (Å²) in [5.41, 5.74) is 4.15. The van der Waals surface area contributed by atoms with Crippen molar-refractivity contribution in [3.05, 3.63) is 95.1 Å². The average molecular weight is 328 g/mol. The fourth-order valence-electron chi connectivity index (χ4n) is 3.25. The van der Waals surface area contributed by atoms with Crippen LogP contribution < -0.4 is 4.74 Å². The number of fused-ring (bicyclic) bond motifs is 1. The average Bonchev–Trinajstić information content (AvgIpc) is 2.67. The molecule has 0 aliphatic carbocycles. The normalized spacial score (nSPS) is 16.4. The number of phenolic OH excluding ortho intramolecular Hbond substituents is 1. The van der Waals surface area contributed by atoms with Gasteiger partial charge in [0, 0.05) is 5.56 Å². The Morgan fingerprint density at radius 2 is 1.52 bits per heavy atom. The number of aromatic hydroxyl groups is 1. The third-order valence-electron chi connectivity index (χ3n) is 4.57. The molecule has 0 saturated carbocycles. The smallest absolute Gasteiger partial charge is 0.127 e. The van der Waals surface area contributed by atoms with Crippen molar-refractivity contribution < 1.29 is 9.84 Å². The molecule has 0 amide bonds. The van der Waals surface area contributed by atoms with Crippen LogP contribution in [0.4, 0.5) is 0 Å². The lowest BCUT2D eigenvalue weighted by Gasteiger charge is -2.27. The molecule has 0 radical (unpaired) electrons. The van der Waals surface area contributed by atoms with E-state index in [1.54, 1.807) is 0 Å². The molecule has 1 aliphatic rings. The Hall–Kier alpha value is -3.00. The third-order valence-corrected chi connectivity index (χ3v) is 4.57. The van der Waals surface area contributed by atoms with Gasteiger partial charge in [-0.2, -0.15) is 0 Å². The Morgan fingerprint density at radius 3 is 2.28 bits per heavy atom. The molecule has 4 rings (SSSR count). The fraction of sp³-hybridized carbons (Fsp3) is 0.130. The van der Waals surface area contributed by atoms with Gasteiger partial charge in [-0.3, -0.25) is 0 Å². The molecule has 0 bridgehead atoms. The zero-order valence-electron chi connectivity index (χ0n) is 13.9. The molecule has 0 spiro atoms. The molecular formula is C23H20O2. The van der Waals surface area contributed by atoms with Crippen LogP contribution >= 0.6 is 0 Å². The highest BCUT2D eigenvalue weighted by Crippen LogP contribution is 2.40. The monoisotopic (exact) mass is 328 g/mol. The number of rotatable bonds is 3. The van der Waals surface area contributed by atoms with E-state index in [2.05, 4.69) is 24.3 Å². The third kappa shape index (κ3) is 3.43. The summed E-state index contributed by atoms with van der Waals surface area (Å²) in [5.74, 6) is 1.10. The number of ether oxygens (including phenoxy) is 1. The van der Waals surface area contributed by atoms with E-state index in [-0.39, 0.29) is 6.10 Å². The molecule has 0 saturated heterocycles. The SMILES string of the molecule is Oc1cc(/C=C/c2ccccc2)cc2c1CCC(c1ccccc1)O2. The van der Waals surface area contributed by atoms with Crippen LogP contribution in [-0.2, 0) is 6.42 Å². The molecule has 0 fully saturated rings. The molecule has 0 aromatic heterocycles. The molecule has 2 nitrogen and oxygen atoms in total. The molecule has 124 valence electrons. The molecule has 3 aromatic carbocycles. The van der Waals surface area contributed by atoms with E-state index in [9.17, 15) is 5.11 Å². The number of hydrogen-bond donors (Lipinski definition) is 1. The maximum atomic E-state index is 10.4. The van der Waals surface area contributed by atoms with Crippen molar-refractivity contribution in [1.82, 2.24) is 0 Å². The van der Waals surface area contributed by atoms with Crippen LogP contribution in [0.15, 0.2) is 72.8 Å². The summed E-state index contributed by atoms with van der Waals surface area (Å²) in [4.78, 5) is 0. The summed E-state index contributed by atoms with van der Waals surface area (Å²) in [6.07, 6.45) is 5.79. The van der Waals surface area contributed by atoms with Gasteiger partial charge in [0.1, 0.15) is 17.6 Å². The van der Waals surface area contributed by atoms with Crippen LogP contribution in [0, 0.1) is 0 Å². The van der Waals surface area contributed by atoms with E-state index in [1.807, 2.05) is 60.7 Å². The van der Waals surface area contributed by atoms with Crippen LogP contribution in [0.25, 0.3) is 12.2 Å². The minimum atomic E-state index is 0.0430. The number of phenols is 1. The van der Waals surface area contributed by atoms with Crippen LogP contribution in [0.1, 0.15) is 34.8 Å². The van der Waals surface area contributed by atoms with Crippen LogP contribution in [-0.4, -0.2) is 5.11 Å². The first-order valence-corrected chi connectivity index (χ1v) is 8.60. The van der Waals surface area contributed by atoms with E-state index < -0.39 is 0 Å². The minimum absolute atomic E-state index is 0.0430. The fourth-order valence-corrected chi connectivity index (χ4v) is 3.25. The summed E-state index contributed by atoms with van der Waals surface area (Å²) >= 11 is 0. The van der Waals surface area contributed by atoms with Gasteiger partial charge in [-0.25, -0.2) is 0 Å². The molecule has 1 aliphatic heterocycles. The van der Waals surface area contributed by atoms with Crippen molar-refractivity contribution in [3.63, 3.8) is 0 Å². The van der Waals surface area contributed by atoms with E-state index in [0.717, 1.165) is 35.3 Å². The van der Waals surface area contributed by atoms with Gasteiger partial charge in [0.2, 0.25) is 0 Å². The molecule has 1 heterocycles. The second-order valence-electron chi connectivity index (χ2n) is 6.32. The molecule has 1 unspecified atom stereocenters. The van der Waals surface area contributed by atoms with Crippen molar-refractivity contribution in [2.45, 2.75) is 18.9 Å². The van der Waals surface area contributed by atoms with Crippen LogP contribution in [0.2, 0.25) is 0 Å². The summed E-state index contributed by atoms with van der Waals surface area (Å²) < 4.78 is 6.20. The molecule has 3 aromatic rings. The van der Waals surface area contributed by atoms with E-state index in [4.69, 9.17) is 4.74 Å². The Labute approximate surface area is 148 Å². The van der Waals surface area contributed by atoms with E-state index >= 15 is 0 Å². The van der Waals surface area contributed by atoms with Gasteiger partial charge in [-0.05, 0) is 41.7 Å². The predicted octanol–water partition coefficient (Wildman–Crippen LogP) is 5.63. The summed E-state index contributed by atoms with van der Waals surface area (Å²) in [6, 6.07) is 24.2. The quantitative estimate of drug-likeness (QED) is 0.631. The molecule has 1 atom stereocenters. The Balaban J connectivity index is 1.61. The molecular weight excluding hydrogens is 308 g/mol. The Kier molecular flexibility index (Phi) is 4.26. The maximum Gasteiger partial charge on any atom is 0.127 e. The van der Waals surface area contributed by atoms with E-state index in [1.165, 1.54) is 5.56 Å². The van der Waals surface area contributed by atoms with Gasteiger partial charge in [-0.1, -0.05) is 72.8 Å². The second-order valence-corrected chi connectivity index (χ2v) is 6.32. The largest absolute Gasteiger partial charge is 0.508 e. The van der Waals surface area contributed by atoms with Crippen molar-refractivity contribution in [2.75, 3.05) is 0 Å². The maximum absolute atomic E-state index is 10.4. The standard InChI is InChI=1S/C23H20O2/c24-21-15-18(12-11-17-7-3-1-4-8-17)16-23-20(21)13-14-22(25-23)19-9-5-2-6-10-19/h1-12,15-16,22,24H,13-14H2/b12-11+. The van der Waals surface area contributed by atoms with Crippen LogP contribution in [0.5, 0.6) is 11.5 Å². The zero-order valence-corrected chi connectivity index (χ0v) is 13.9. The van der Waals surface area contributed by atoms with Gasteiger partial charge in [0.15, 0.2) is 0 Å². The van der Waals surface area contributed by atoms with Gasteiger partial charge in [-0.15, -0.1) is 0 Å². The topological polar surface area (TPSA) is 29.5 Å².